The number of hydrogen-bond donors (Lipinski definition) is 0. The van der Waals surface area contributed by atoms with Crippen molar-refractivity contribution in [2.45, 2.75) is 87.9 Å². The quantitative estimate of drug-likeness (QED) is 0.263. The van der Waals surface area contributed by atoms with Crippen LogP contribution in [0.1, 0.15) is 59.7 Å². The van der Waals surface area contributed by atoms with Gasteiger partial charge in [-0.2, -0.15) is 0 Å². The molecule has 0 amide bonds. The van der Waals surface area contributed by atoms with E-state index in [-0.39, 0.29) is 0 Å². The molecule has 0 radical (unpaired) electrons. The minimum absolute atomic E-state index is 0.680. The molecule has 5 rings (SSSR count). The van der Waals surface area contributed by atoms with Gasteiger partial charge in [-0.05, 0) is 0 Å². The van der Waals surface area contributed by atoms with E-state index >= 15 is 0 Å². The van der Waals surface area contributed by atoms with Crippen LogP contribution in [-0.2, 0) is 21.3 Å². The van der Waals surface area contributed by atoms with Gasteiger partial charge < -0.3 is 0 Å². The first-order chi connectivity index (χ1) is 16.1. The molecule has 0 nitrogen and oxygen atoms in total. The molecule has 0 spiro atoms. The first kappa shape index (κ1) is 24.8. The summed E-state index contributed by atoms with van der Waals surface area (Å²) in [6, 6.07) is 15.4. The molecule has 1 saturated carbocycles. The molecule has 178 valence electrons. The van der Waals surface area contributed by atoms with Crippen molar-refractivity contribution in [2.75, 3.05) is 0 Å². The summed E-state index contributed by atoms with van der Waals surface area (Å²) in [6.07, 6.45) is 17.1. The van der Waals surface area contributed by atoms with Gasteiger partial charge in [0.05, 0.1) is 0 Å². The molecule has 34 heavy (non-hydrogen) atoms. The second kappa shape index (κ2) is 9.53. The number of hydrogen-bond acceptors (Lipinski definition) is 0. The number of fused-ring (bicyclic) bond motifs is 3. The van der Waals surface area contributed by atoms with Crippen molar-refractivity contribution in [1.29, 1.82) is 0 Å². The van der Waals surface area contributed by atoms with Crippen molar-refractivity contribution >= 4 is 29.7 Å². The zero-order chi connectivity index (χ0) is 24.1. The van der Waals surface area contributed by atoms with Crippen molar-refractivity contribution in [1.82, 2.24) is 0 Å². The van der Waals surface area contributed by atoms with E-state index in [1.807, 2.05) is 6.49 Å². The van der Waals surface area contributed by atoms with Crippen LogP contribution in [0.2, 0.25) is 39.3 Å². The Balaban J connectivity index is 1.78. The van der Waals surface area contributed by atoms with E-state index in [1.165, 1.54) is 44.9 Å². The zero-order valence-electron chi connectivity index (χ0n) is 22.2. The molecule has 0 heterocycles. The van der Waals surface area contributed by atoms with Crippen molar-refractivity contribution in [2.24, 2.45) is 0 Å². The van der Waals surface area contributed by atoms with Gasteiger partial charge in [-0.1, -0.05) is 0 Å². The molecule has 0 aliphatic heterocycles. The fourth-order valence-electron chi connectivity index (χ4n) is 6.19. The molecule has 2 aromatic rings. The maximum atomic E-state index is 2.70. The van der Waals surface area contributed by atoms with Gasteiger partial charge in [0.2, 0.25) is 0 Å². The average Bonchev–Trinajstić information content (AvgIpc) is 3.32. The molecule has 0 saturated heterocycles. The molecule has 0 unspecified atom stereocenters. The van der Waals surface area contributed by atoms with Crippen LogP contribution in [0.25, 0.3) is 11.1 Å². The standard InChI is InChI=1S/C19H25Si2.C7H12.C5H5.Zr/c1-20(2,3)16-7-9-18-14(12-16)11-15-13-17(21(4,5)6)8-10-19(15)18;1-2-4-6-7-5-3-1;1-2-4-5-3-1;/h7-13H,1-6H3;1-6H2;1-3H,4H2;. The van der Waals surface area contributed by atoms with Crippen molar-refractivity contribution in [3.05, 3.63) is 69.0 Å². The topological polar surface area (TPSA) is 0 Å². The Morgan fingerprint density at radius 1 is 0.706 bits per heavy atom. The molecule has 3 heteroatoms. The van der Waals surface area contributed by atoms with Gasteiger partial charge in [0, 0.05) is 0 Å². The summed E-state index contributed by atoms with van der Waals surface area (Å²) in [4.78, 5) is 0. The number of rotatable bonds is 4. The normalized spacial score (nSPS) is 18.5. The Morgan fingerprint density at radius 2 is 1.24 bits per heavy atom. The molecule has 0 N–H and O–H groups in total. The zero-order valence-corrected chi connectivity index (χ0v) is 26.7. The summed E-state index contributed by atoms with van der Waals surface area (Å²) in [5.74, 6) is 0. The van der Waals surface area contributed by atoms with Crippen molar-refractivity contribution in [3.8, 4) is 11.1 Å². The van der Waals surface area contributed by atoms with Gasteiger partial charge in [0.25, 0.3) is 0 Å². The Kier molecular flexibility index (Phi) is 6.94. The average molecular weight is 562 g/mol. The Labute approximate surface area is 217 Å². The van der Waals surface area contributed by atoms with E-state index in [2.05, 4.69) is 93.9 Å². The van der Waals surface area contributed by atoms with Crippen LogP contribution in [-0.4, -0.2) is 19.4 Å². The summed E-state index contributed by atoms with van der Waals surface area (Å²) in [5, 5.41) is 3.28. The molecule has 1 fully saturated rings. The predicted molar refractivity (Wildman–Crippen MR) is 154 cm³/mol. The van der Waals surface area contributed by atoms with E-state index < -0.39 is 37.4 Å². The molecular weight excluding hydrogens is 520 g/mol. The molecule has 3 aliphatic rings. The maximum absolute atomic E-state index is 2.70. The molecule has 0 atom stereocenters. The van der Waals surface area contributed by atoms with E-state index in [1.54, 1.807) is 32.6 Å². The third-order valence-corrected chi connectivity index (χ3v) is 21.0. The molecule has 0 bridgehead atoms. The SMILES string of the molecule is C[Si](C)(C)c1ccc2c(c1)[CH]([Zr]([C]1=CC=CC1)=[C]1CCCCCC1)c1cc([Si](C)(C)C)ccc1-2. The fraction of sp³-hybridized carbons (Fsp3) is 0.452. The van der Waals surface area contributed by atoms with Crippen LogP contribution in [0.3, 0.4) is 0 Å². The Bertz CT molecular complexity index is 1130. The summed E-state index contributed by atoms with van der Waals surface area (Å²) in [5.41, 5.74) is 6.54. The van der Waals surface area contributed by atoms with Gasteiger partial charge in [-0.15, -0.1) is 0 Å². The summed E-state index contributed by atoms with van der Waals surface area (Å²) in [7, 11) is -2.74. The minimum atomic E-state index is -2.11. The van der Waals surface area contributed by atoms with E-state index in [4.69, 9.17) is 0 Å². The molecule has 2 aromatic carbocycles. The van der Waals surface area contributed by atoms with Crippen LogP contribution in [0.5, 0.6) is 0 Å². The predicted octanol–water partition coefficient (Wildman–Crippen LogP) is 7.84. The van der Waals surface area contributed by atoms with Crippen LogP contribution in [0.15, 0.2) is 57.9 Å². The second-order valence-corrected chi connectivity index (χ2v) is 29.7. The first-order valence-corrected chi connectivity index (χ1v) is 24.4. The third kappa shape index (κ3) is 4.74. The summed E-state index contributed by atoms with van der Waals surface area (Å²) >= 11 is -2.11. The number of benzene rings is 2. The van der Waals surface area contributed by atoms with Gasteiger partial charge in [0.1, 0.15) is 0 Å². The van der Waals surface area contributed by atoms with Crippen molar-refractivity contribution in [3.63, 3.8) is 0 Å². The van der Waals surface area contributed by atoms with Gasteiger partial charge in [-0.3, -0.25) is 0 Å². The van der Waals surface area contributed by atoms with Crippen LogP contribution in [0, 0.1) is 0 Å². The molecular formula is C31H42Si2Zr. The van der Waals surface area contributed by atoms with E-state index in [0.29, 0.717) is 3.63 Å². The fourth-order valence-corrected chi connectivity index (χ4v) is 18.0. The molecule has 0 aromatic heterocycles. The Hall–Kier alpha value is -0.893. The summed E-state index contributed by atoms with van der Waals surface area (Å²) in [6.45, 7) is 15.1. The second-order valence-electron chi connectivity index (χ2n) is 12.8. The van der Waals surface area contributed by atoms with Crippen LogP contribution in [0.4, 0.5) is 0 Å². The van der Waals surface area contributed by atoms with Gasteiger partial charge in [-0.25, -0.2) is 0 Å². The van der Waals surface area contributed by atoms with E-state index in [9.17, 15) is 0 Å². The monoisotopic (exact) mass is 560 g/mol. The molecule has 3 aliphatic carbocycles. The van der Waals surface area contributed by atoms with Crippen molar-refractivity contribution < 1.29 is 21.3 Å². The first-order valence-electron chi connectivity index (χ1n) is 13.5. The third-order valence-electron chi connectivity index (χ3n) is 8.24. The Morgan fingerprint density at radius 3 is 1.68 bits per heavy atom. The van der Waals surface area contributed by atoms with Gasteiger partial charge in [0.15, 0.2) is 0 Å². The van der Waals surface area contributed by atoms with Crippen LogP contribution >= 0.6 is 0 Å². The van der Waals surface area contributed by atoms with E-state index in [0.717, 1.165) is 0 Å². The summed E-state index contributed by atoms with van der Waals surface area (Å²) < 4.78 is 4.58. The van der Waals surface area contributed by atoms with Gasteiger partial charge >= 0.3 is 219 Å². The number of allylic oxidation sites excluding steroid dienone is 4. The van der Waals surface area contributed by atoms with Crippen LogP contribution < -0.4 is 10.4 Å².